The maximum atomic E-state index is 12.1. The smallest absolute Gasteiger partial charge is 0.277 e. The van der Waals surface area contributed by atoms with Crippen LogP contribution in [0.4, 0.5) is 0 Å². The molecule has 0 fully saturated rings. The number of rotatable bonds is 3. The molecule has 0 aliphatic heterocycles. The number of fused-ring (bicyclic) bond motifs is 1. The van der Waals surface area contributed by atoms with Crippen LogP contribution < -0.4 is 11.0 Å². The minimum absolute atomic E-state index is 0.153. The zero-order valence-electron chi connectivity index (χ0n) is 12.5. The number of thiazole rings is 1. The maximum absolute atomic E-state index is 12.1. The predicted molar refractivity (Wildman–Crippen MR) is 92.6 cm³/mol. The molecule has 24 heavy (non-hydrogen) atoms. The highest BCUT2D eigenvalue weighted by Gasteiger charge is 2.10. The first kappa shape index (κ1) is 14.6. The van der Waals surface area contributed by atoms with Crippen LogP contribution in [0, 0.1) is 0 Å². The predicted octanol–water partition coefficient (Wildman–Crippen LogP) is 2.97. The minimum atomic E-state index is -0.301. The van der Waals surface area contributed by atoms with Crippen molar-refractivity contribution < 1.29 is 4.42 Å². The lowest BCUT2D eigenvalue weighted by Crippen LogP contribution is -2.15. The summed E-state index contributed by atoms with van der Waals surface area (Å²) in [5.41, 5.74) is 0.851. The Labute approximate surface area is 140 Å². The van der Waals surface area contributed by atoms with Crippen molar-refractivity contribution in [3.05, 3.63) is 92.1 Å². The summed E-state index contributed by atoms with van der Waals surface area (Å²) in [6.45, 7) is 0. The molecule has 3 heterocycles. The number of hydrogen-bond acceptors (Lipinski definition) is 5. The van der Waals surface area contributed by atoms with Crippen LogP contribution in [0.3, 0.4) is 0 Å². The molecule has 6 heteroatoms. The zero-order valence-corrected chi connectivity index (χ0v) is 13.3. The number of nitrogens with zero attached hydrogens (tertiary/aromatic N) is 2. The van der Waals surface area contributed by atoms with Crippen LogP contribution in [0.2, 0.25) is 0 Å². The standard InChI is InChI=1S/C18H12N2O3S/c21-14-9-15(23-16(10-14)12-4-2-1-3-5-12)8-13-11-20-6-7-24-18(20)19-17(13)22/h1-7,9-11H,8H2. The Morgan fingerprint density at radius 3 is 2.79 bits per heavy atom. The second-order valence-electron chi connectivity index (χ2n) is 5.33. The van der Waals surface area contributed by atoms with Gasteiger partial charge in [0.2, 0.25) is 0 Å². The van der Waals surface area contributed by atoms with Crippen LogP contribution in [0.25, 0.3) is 16.3 Å². The van der Waals surface area contributed by atoms with Crippen molar-refractivity contribution >= 4 is 16.3 Å². The van der Waals surface area contributed by atoms with E-state index in [1.54, 1.807) is 10.6 Å². The largest absolute Gasteiger partial charge is 0.460 e. The summed E-state index contributed by atoms with van der Waals surface area (Å²) in [6.07, 6.45) is 3.80. The molecule has 3 aromatic heterocycles. The third-order valence-electron chi connectivity index (χ3n) is 3.62. The number of benzene rings is 1. The second-order valence-corrected chi connectivity index (χ2v) is 6.20. The van der Waals surface area contributed by atoms with Gasteiger partial charge in [-0.05, 0) is 0 Å². The van der Waals surface area contributed by atoms with Gasteiger partial charge in [0.05, 0.1) is 0 Å². The fourth-order valence-corrected chi connectivity index (χ4v) is 3.20. The van der Waals surface area contributed by atoms with Gasteiger partial charge < -0.3 is 4.42 Å². The Balaban J connectivity index is 1.76. The average Bonchev–Trinajstić information content (AvgIpc) is 3.02. The van der Waals surface area contributed by atoms with Gasteiger partial charge in [-0.15, -0.1) is 11.3 Å². The fourth-order valence-electron chi connectivity index (χ4n) is 2.52. The molecular weight excluding hydrogens is 324 g/mol. The van der Waals surface area contributed by atoms with Crippen molar-refractivity contribution in [2.45, 2.75) is 6.42 Å². The van der Waals surface area contributed by atoms with E-state index < -0.39 is 0 Å². The lowest BCUT2D eigenvalue weighted by Gasteiger charge is -2.05. The van der Waals surface area contributed by atoms with Gasteiger partial charge in [-0.25, -0.2) is 0 Å². The molecule has 0 N–H and O–H groups in total. The van der Waals surface area contributed by atoms with E-state index in [-0.39, 0.29) is 17.4 Å². The van der Waals surface area contributed by atoms with Crippen LogP contribution in [-0.2, 0) is 6.42 Å². The Hall–Kier alpha value is -2.99. The first-order valence-electron chi connectivity index (χ1n) is 7.34. The third kappa shape index (κ3) is 2.79. The molecule has 0 aliphatic carbocycles. The van der Waals surface area contributed by atoms with Gasteiger partial charge in [0.15, 0.2) is 10.4 Å². The first-order valence-corrected chi connectivity index (χ1v) is 8.22. The topological polar surface area (TPSA) is 64.6 Å². The van der Waals surface area contributed by atoms with Crippen molar-refractivity contribution in [3.8, 4) is 11.3 Å². The van der Waals surface area contributed by atoms with Crippen LogP contribution in [0.5, 0.6) is 0 Å². The van der Waals surface area contributed by atoms with Crippen molar-refractivity contribution in [2.24, 2.45) is 0 Å². The summed E-state index contributed by atoms with van der Waals surface area (Å²) in [7, 11) is 0. The molecule has 4 aromatic rings. The van der Waals surface area contributed by atoms with E-state index in [9.17, 15) is 9.59 Å². The van der Waals surface area contributed by atoms with Gasteiger partial charge in [-0.3, -0.25) is 14.0 Å². The highest BCUT2D eigenvalue weighted by atomic mass is 32.1. The Kier molecular flexibility index (Phi) is 3.59. The quantitative estimate of drug-likeness (QED) is 0.577. The minimum Gasteiger partial charge on any atom is -0.460 e. The normalized spacial score (nSPS) is 11.0. The van der Waals surface area contributed by atoms with Crippen LogP contribution in [-0.4, -0.2) is 9.38 Å². The second kappa shape index (κ2) is 5.90. The third-order valence-corrected chi connectivity index (χ3v) is 4.39. The summed E-state index contributed by atoms with van der Waals surface area (Å²) in [4.78, 5) is 28.8. The van der Waals surface area contributed by atoms with Crippen molar-refractivity contribution in [1.82, 2.24) is 9.38 Å². The van der Waals surface area contributed by atoms with Gasteiger partial charge in [0, 0.05) is 47.5 Å². The highest BCUT2D eigenvalue weighted by Crippen LogP contribution is 2.19. The SMILES string of the molecule is O=c1cc(Cc2cn3ccsc3nc2=O)oc(-c2ccccc2)c1. The molecule has 0 aliphatic rings. The van der Waals surface area contributed by atoms with Crippen LogP contribution >= 0.6 is 11.3 Å². The Bertz CT molecular complexity index is 1130. The summed E-state index contributed by atoms with van der Waals surface area (Å²) >= 11 is 1.40. The maximum Gasteiger partial charge on any atom is 0.277 e. The lowest BCUT2D eigenvalue weighted by molar-refractivity contribution is 0.515. The first-order chi connectivity index (χ1) is 11.7. The molecule has 0 saturated heterocycles. The van der Waals surface area contributed by atoms with E-state index in [4.69, 9.17) is 4.42 Å². The molecule has 4 rings (SSSR count). The van der Waals surface area contributed by atoms with Crippen LogP contribution in [0.15, 0.2) is 74.2 Å². The molecule has 0 saturated carbocycles. The van der Waals surface area contributed by atoms with Gasteiger partial charge >= 0.3 is 0 Å². The fraction of sp³-hybridized carbons (Fsp3) is 0.0556. The van der Waals surface area contributed by atoms with Gasteiger partial charge in [0.25, 0.3) is 5.56 Å². The van der Waals surface area contributed by atoms with Crippen molar-refractivity contribution in [2.75, 3.05) is 0 Å². The molecular formula is C18H12N2O3S. The Morgan fingerprint density at radius 1 is 1.12 bits per heavy atom. The highest BCUT2D eigenvalue weighted by molar-refractivity contribution is 7.15. The zero-order chi connectivity index (χ0) is 16.5. The summed E-state index contributed by atoms with van der Waals surface area (Å²) in [5.74, 6) is 0.929. The van der Waals surface area contributed by atoms with Gasteiger partial charge in [-0.1, -0.05) is 30.3 Å². The van der Waals surface area contributed by atoms with E-state index in [2.05, 4.69) is 4.98 Å². The van der Waals surface area contributed by atoms with Gasteiger partial charge in [0.1, 0.15) is 11.5 Å². The summed E-state index contributed by atoms with van der Waals surface area (Å²) in [5, 5.41) is 1.86. The van der Waals surface area contributed by atoms with Crippen molar-refractivity contribution in [3.63, 3.8) is 0 Å². The molecule has 0 atom stereocenters. The number of aromatic nitrogens is 2. The van der Waals surface area contributed by atoms with E-state index in [1.165, 1.54) is 23.5 Å². The lowest BCUT2D eigenvalue weighted by atomic mass is 10.1. The summed E-state index contributed by atoms with van der Waals surface area (Å²) < 4.78 is 7.62. The van der Waals surface area contributed by atoms with E-state index in [1.807, 2.05) is 41.9 Å². The molecule has 0 amide bonds. The van der Waals surface area contributed by atoms with Crippen LogP contribution in [0.1, 0.15) is 11.3 Å². The van der Waals surface area contributed by atoms with E-state index >= 15 is 0 Å². The van der Waals surface area contributed by atoms with E-state index in [0.717, 1.165) is 5.56 Å². The molecule has 0 radical (unpaired) electrons. The number of hydrogen-bond donors (Lipinski definition) is 0. The molecule has 0 spiro atoms. The monoisotopic (exact) mass is 336 g/mol. The molecule has 0 unspecified atom stereocenters. The Morgan fingerprint density at radius 2 is 1.96 bits per heavy atom. The average molecular weight is 336 g/mol. The molecule has 1 aromatic carbocycles. The molecule has 5 nitrogen and oxygen atoms in total. The van der Waals surface area contributed by atoms with Gasteiger partial charge in [-0.2, -0.15) is 4.98 Å². The molecule has 118 valence electrons. The van der Waals surface area contributed by atoms with Crippen molar-refractivity contribution in [1.29, 1.82) is 0 Å². The van der Waals surface area contributed by atoms with E-state index in [0.29, 0.717) is 22.0 Å². The summed E-state index contributed by atoms with van der Waals surface area (Å²) in [6, 6.07) is 12.3. The molecule has 0 bridgehead atoms.